The van der Waals surface area contributed by atoms with Crippen LogP contribution in [0.5, 0.6) is 0 Å². The van der Waals surface area contributed by atoms with Crippen LogP contribution in [0, 0.1) is 0 Å². The van der Waals surface area contributed by atoms with Crippen LogP contribution < -0.4 is 4.90 Å². The van der Waals surface area contributed by atoms with Gasteiger partial charge in [0.2, 0.25) is 11.8 Å². The van der Waals surface area contributed by atoms with Crippen LogP contribution >= 0.6 is 0 Å². The molecule has 3 rings (SSSR count). The number of carbonyl (C=O) groups is 2. The Morgan fingerprint density at radius 2 is 1.78 bits per heavy atom. The Morgan fingerprint density at radius 1 is 1.07 bits per heavy atom. The van der Waals surface area contributed by atoms with Gasteiger partial charge in [-0.15, -0.1) is 0 Å². The number of carbonyl (C=O) groups excluding carboxylic acids is 2. The molecule has 0 aliphatic carbocycles. The summed E-state index contributed by atoms with van der Waals surface area (Å²) in [6, 6.07) is 7.65. The Balaban J connectivity index is 1.46. The van der Waals surface area contributed by atoms with Crippen molar-refractivity contribution in [1.29, 1.82) is 0 Å². The fourth-order valence-corrected chi connectivity index (χ4v) is 3.21. The third-order valence-corrected chi connectivity index (χ3v) is 4.81. The normalized spacial score (nSPS) is 14.4. The van der Waals surface area contributed by atoms with Gasteiger partial charge in [0.05, 0.1) is 0 Å². The van der Waals surface area contributed by atoms with Gasteiger partial charge in [-0.3, -0.25) is 9.59 Å². The van der Waals surface area contributed by atoms with Gasteiger partial charge in [-0.05, 0) is 37.6 Å². The molecule has 0 saturated carbocycles. The molecule has 0 unspecified atom stereocenters. The summed E-state index contributed by atoms with van der Waals surface area (Å²) in [5, 5.41) is 3.92. The third kappa shape index (κ3) is 4.93. The third-order valence-electron chi connectivity index (χ3n) is 4.81. The van der Waals surface area contributed by atoms with Crippen LogP contribution in [-0.2, 0) is 17.6 Å². The lowest BCUT2D eigenvalue weighted by Gasteiger charge is -2.36. The predicted molar refractivity (Wildman–Crippen MR) is 102 cm³/mol. The van der Waals surface area contributed by atoms with Crippen molar-refractivity contribution in [2.75, 3.05) is 31.1 Å². The minimum atomic E-state index is 0.0695. The number of rotatable bonds is 7. The molecule has 1 aromatic carbocycles. The average molecular weight is 370 g/mol. The molecular formula is C20H26N4O3. The fourth-order valence-electron chi connectivity index (χ4n) is 3.21. The molecule has 7 heteroatoms. The molecule has 0 bridgehead atoms. The van der Waals surface area contributed by atoms with Crippen LogP contribution in [0.3, 0.4) is 0 Å². The van der Waals surface area contributed by atoms with Crippen molar-refractivity contribution in [3.8, 4) is 0 Å². The van der Waals surface area contributed by atoms with Gasteiger partial charge in [-0.2, -0.15) is 4.98 Å². The van der Waals surface area contributed by atoms with Crippen molar-refractivity contribution >= 4 is 17.4 Å². The maximum absolute atomic E-state index is 12.4. The topological polar surface area (TPSA) is 79.5 Å². The minimum Gasteiger partial charge on any atom is -0.368 e. The number of aromatic nitrogens is 2. The predicted octanol–water partition coefficient (Wildman–Crippen LogP) is 2.51. The Kier molecular flexibility index (Phi) is 6.21. The number of benzene rings is 1. The molecule has 144 valence electrons. The molecule has 1 aliphatic heterocycles. The first-order valence-electron chi connectivity index (χ1n) is 9.52. The van der Waals surface area contributed by atoms with E-state index in [-0.39, 0.29) is 11.7 Å². The summed E-state index contributed by atoms with van der Waals surface area (Å²) in [5.74, 6) is 1.44. The second-order valence-corrected chi connectivity index (χ2v) is 6.83. The van der Waals surface area contributed by atoms with Gasteiger partial charge >= 0.3 is 0 Å². The van der Waals surface area contributed by atoms with E-state index in [2.05, 4.69) is 22.0 Å². The van der Waals surface area contributed by atoms with Gasteiger partial charge in [0.25, 0.3) is 0 Å². The van der Waals surface area contributed by atoms with Crippen LogP contribution in [0.15, 0.2) is 28.8 Å². The molecule has 1 aromatic heterocycles. The highest BCUT2D eigenvalue weighted by atomic mass is 16.5. The number of ketones is 1. The summed E-state index contributed by atoms with van der Waals surface area (Å²) in [7, 11) is 0. The number of amides is 1. The zero-order valence-corrected chi connectivity index (χ0v) is 16.0. The van der Waals surface area contributed by atoms with E-state index >= 15 is 0 Å². The Bertz CT molecular complexity index is 777. The second kappa shape index (κ2) is 8.79. The quantitative estimate of drug-likeness (QED) is 0.697. The monoisotopic (exact) mass is 370 g/mol. The van der Waals surface area contributed by atoms with Crippen LogP contribution in [0.25, 0.3) is 0 Å². The zero-order chi connectivity index (χ0) is 19.2. The summed E-state index contributed by atoms with van der Waals surface area (Å²) < 4.78 is 5.19. The SMILES string of the molecule is CCCc1noc(CCC(=O)N2CCN(c3ccc(C(C)=O)cc3)CC2)n1. The Morgan fingerprint density at radius 3 is 2.41 bits per heavy atom. The first-order valence-corrected chi connectivity index (χ1v) is 9.52. The number of piperazine rings is 1. The minimum absolute atomic E-state index is 0.0695. The van der Waals surface area contributed by atoms with Crippen molar-refractivity contribution in [3.05, 3.63) is 41.5 Å². The van der Waals surface area contributed by atoms with Gasteiger partial charge in [-0.1, -0.05) is 12.1 Å². The highest BCUT2D eigenvalue weighted by Gasteiger charge is 2.22. The van der Waals surface area contributed by atoms with E-state index in [9.17, 15) is 9.59 Å². The molecule has 2 heterocycles. The number of hydrogen-bond acceptors (Lipinski definition) is 6. The lowest BCUT2D eigenvalue weighted by Crippen LogP contribution is -2.48. The molecule has 1 fully saturated rings. The van der Waals surface area contributed by atoms with Gasteiger partial charge in [0.1, 0.15) is 0 Å². The smallest absolute Gasteiger partial charge is 0.227 e. The maximum atomic E-state index is 12.4. The molecule has 7 nitrogen and oxygen atoms in total. The average Bonchev–Trinajstić information content (AvgIpc) is 3.14. The second-order valence-electron chi connectivity index (χ2n) is 6.83. The molecule has 1 saturated heterocycles. The van der Waals surface area contributed by atoms with Crippen molar-refractivity contribution in [1.82, 2.24) is 15.0 Å². The Labute approximate surface area is 159 Å². The first kappa shape index (κ1) is 19.1. The first-order chi connectivity index (χ1) is 13.1. The lowest BCUT2D eigenvalue weighted by atomic mass is 10.1. The van der Waals surface area contributed by atoms with E-state index < -0.39 is 0 Å². The van der Waals surface area contributed by atoms with E-state index in [0.29, 0.717) is 37.6 Å². The fraction of sp³-hybridized carbons (Fsp3) is 0.500. The van der Waals surface area contributed by atoms with Gasteiger partial charge in [0.15, 0.2) is 11.6 Å². The van der Waals surface area contributed by atoms with E-state index in [1.165, 1.54) is 0 Å². The molecule has 2 aromatic rings. The lowest BCUT2D eigenvalue weighted by molar-refractivity contribution is -0.131. The van der Waals surface area contributed by atoms with Crippen molar-refractivity contribution in [2.24, 2.45) is 0 Å². The maximum Gasteiger partial charge on any atom is 0.227 e. The van der Waals surface area contributed by atoms with Crippen molar-refractivity contribution < 1.29 is 14.1 Å². The molecule has 27 heavy (non-hydrogen) atoms. The van der Waals surface area contributed by atoms with E-state index in [1.807, 2.05) is 29.2 Å². The standard InChI is InChI=1S/C20H26N4O3/c1-3-4-18-21-19(27-22-18)9-10-20(26)24-13-11-23(12-14-24)17-7-5-16(6-8-17)15(2)25/h5-8H,3-4,9-14H2,1-2H3. The van der Waals surface area contributed by atoms with Crippen LogP contribution in [0.1, 0.15) is 48.8 Å². The van der Waals surface area contributed by atoms with Crippen LogP contribution in [0.4, 0.5) is 5.69 Å². The van der Waals surface area contributed by atoms with Gasteiger partial charge < -0.3 is 14.3 Å². The molecule has 0 N–H and O–H groups in total. The number of nitrogens with zero attached hydrogens (tertiary/aromatic N) is 4. The summed E-state index contributed by atoms with van der Waals surface area (Å²) >= 11 is 0. The zero-order valence-electron chi connectivity index (χ0n) is 16.0. The van der Waals surface area contributed by atoms with Gasteiger partial charge in [-0.25, -0.2) is 0 Å². The molecule has 0 spiro atoms. The molecule has 0 radical (unpaired) electrons. The number of anilines is 1. The largest absolute Gasteiger partial charge is 0.368 e. The van der Waals surface area contributed by atoms with E-state index in [4.69, 9.17) is 4.52 Å². The van der Waals surface area contributed by atoms with E-state index in [1.54, 1.807) is 6.92 Å². The molecule has 1 amide bonds. The summed E-state index contributed by atoms with van der Waals surface area (Å²) in [6.45, 7) is 6.59. The van der Waals surface area contributed by atoms with Crippen molar-refractivity contribution in [3.63, 3.8) is 0 Å². The number of hydrogen-bond donors (Lipinski definition) is 0. The molecular weight excluding hydrogens is 344 g/mol. The Hall–Kier alpha value is -2.70. The molecule has 0 atom stereocenters. The number of aryl methyl sites for hydroxylation is 2. The highest BCUT2D eigenvalue weighted by molar-refractivity contribution is 5.94. The summed E-state index contributed by atoms with van der Waals surface area (Å²) in [5.41, 5.74) is 1.80. The summed E-state index contributed by atoms with van der Waals surface area (Å²) in [4.78, 5) is 32.3. The summed E-state index contributed by atoms with van der Waals surface area (Å²) in [6.07, 6.45) is 2.65. The van der Waals surface area contributed by atoms with Crippen LogP contribution in [-0.4, -0.2) is 52.9 Å². The van der Waals surface area contributed by atoms with Crippen LogP contribution in [0.2, 0.25) is 0 Å². The number of Topliss-reactive ketones (excluding diaryl/α,β-unsaturated/α-hetero) is 1. The highest BCUT2D eigenvalue weighted by Crippen LogP contribution is 2.18. The van der Waals surface area contributed by atoms with Crippen molar-refractivity contribution in [2.45, 2.75) is 39.5 Å². The van der Waals surface area contributed by atoms with E-state index in [0.717, 1.165) is 37.2 Å². The van der Waals surface area contributed by atoms with Gasteiger partial charge in [0, 0.05) is 56.7 Å². The molecule has 1 aliphatic rings.